The van der Waals surface area contributed by atoms with Crippen molar-refractivity contribution in [3.8, 4) is 0 Å². The second-order valence-corrected chi connectivity index (χ2v) is 5.17. The molecular weight excluding hydrogens is 233 g/mol. The Balaban J connectivity index is 2.04. The largest absolute Gasteiger partial charge is 0.494 e. The molecule has 0 aliphatic carbocycles. The van der Waals surface area contributed by atoms with Crippen LogP contribution in [-0.4, -0.2) is 23.9 Å². The second kappa shape index (κ2) is 3.73. The quantitative estimate of drug-likeness (QED) is 0.694. The van der Waals surface area contributed by atoms with Crippen LogP contribution in [0, 0.1) is 0 Å². The number of fused-ring (bicyclic) bond motifs is 1. The minimum absolute atomic E-state index is 0.276. The highest BCUT2D eigenvalue weighted by molar-refractivity contribution is 6.62. The highest BCUT2D eigenvalue weighted by Crippen LogP contribution is 2.20. The Morgan fingerprint density at radius 1 is 1.39 bits per heavy atom. The van der Waals surface area contributed by atoms with Crippen LogP contribution in [-0.2, 0) is 16.4 Å². The molecule has 3 rings (SSSR count). The van der Waals surface area contributed by atoms with Gasteiger partial charge in [-0.25, -0.2) is 4.79 Å². The first-order valence-electron chi connectivity index (χ1n) is 5.85. The van der Waals surface area contributed by atoms with Crippen molar-refractivity contribution in [2.24, 2.45) is 7.05 Å². The number of hydrogen-bond donors (Lipinski definition) is 0. The number of aromatic nitrogens is 1. The molecule has 0 atom stereocenters. The fraction of sp³-hybridized carbons (Fsp3) is 0.417. The summed E-state index contributed by atoms with van der Waals surface area (Å²) in [5.41, 5.74) is 1.93. The minimum atomic E-state index is -0.380. The number of benzene rings is 1. The summed E-state index contributed by atoms with van der Waals surface area (Å²) in [7, 11) is 1.30. The molecule has 2 heterocycles. The average Bonchev–Trinajstić information content (AvgIpc) is 2.81. The zero-order valence-electron chi connectivity index (χ0n) is 10.6. The van der Waals surface area contributed by atoms with E-state index in [2.05, 4.69) is 0 Å². The Labute approximate surface area is 104 Å². The van der Waals surface area contributed by atoms with Gasteiger partial charge >= 0.3 is 12.9 Å². The molecule has 0 amide bonds. The van der Waals surface area contributed by atoms with Crippen LogP contribution < -0.4 is 11.2 Å². The van der Waals surface area contributed by atoms with Crippen molar-refractivity contribution in [2.45, 2.75) is 19.4 Å². The van der Waals surface area contributed by atoms with E-state index in [4.69, 9.17) is 13.7 Å². The maximum Gasteiger partial charge on any atom is 0.494 e. The van der Waals surface area contributed by atoms with Crippen molar-refractivity contribution in [1.82, 2.24) is 4.57 Å². The maximum atomic E-state index is 11.4. The summed E-state index contributed by atoms with van der Waals surface area (Å²) in [6.07, 6.45) is 0. The summed E-state index contributed by atoms with van der Waals surface area (Å²) in [6, 6.07) is 5.49. The molecule has 0 spiro atoms. The van der Waals surface area contributed by atoms with Crippen molar-refractivity contribution >= 4 is 23.7 Å². The zero-order valence-corrected chi connectivity index (χ0v) is 10.6. The summed E-state index contributed by atoms with van der Waals surface area (Å²) < 4.78 is 18.0. The van der Waals surface area contributed by atoms with E-state index in [1.54, 1.807) is 13.1 Å². The van der Waals surface area contributed by atoms with Gasteiger partial charge in [-0.15, -0.1) is 0 Å². The number of hydrogen-bond acceptors (Lipinski definition) is 4. The second-order valence-electron chi connectivity index (χ2n) is 5.17. The van der Waals surface area contributed by atoms with E-state index >= 15 is 0 Å². The molecule has 1 aromatic heterocycles. The fourth-order valence-corrected chi connectivity index (χ4v) is 2.09. The molecule has 2 aromatic rings. The van der Waals surface area contributed by atoms with Crippen molar-refractivity contribution < 1.29 is 13.7 Å². The lowest BCUT2D eigenvalue weighted by molar-refractivity contribution is 0.137. The van der Waals surface area contributed by atoms with E-state index in [1.165, 1.54) is 4.57 Å². The smallest absolute Gasteiger partial charge is 0.408 e. The van der Waals surface area contributed by atoms with Gasteiger partial charge in [-0.2, -0.15) is 0 Å². The first kappa shape index (κ1) is 11.6. The molecule has 6 heteroatoms. The molecule has 0 unspecified atom stereocenters. The molecule has 1 saturated heterocycles. The predicted octanol–water partition coefficient (Wildman–Crippen LogP) is 0.652. The van der Waals surface area contributed by atoms with Crippen molar-refractivity contribution in [2.75, 3.05) is 6.61 Å². The molecule has 1 aromatic carbocycles. The molecule has 1 fully saturated rings. The lowest BCUT2D eigenvalue weighted by Gasteiger charge is -2.15. The summed E-state index contributed by atoms with van der Waals surface area (Å²) in [6.45, 7) is 4.53. The third-order valence-electron chi connectivity index (χ3n) is 3.10. The van der Waals surface area contributed by atoms with Gasteiger partial charge < -0.3 is 13.7 Å². The van der Waals surface area contributed by atoms with E-state index in [0.717, 1.165) is 11.0 Å². The Morgan fingerprint density at radius 3 is 2.83 bits per heavy atom. The molecule has 1 aliphatic rings. The Morgan fingerprint density at radius 2 is 2.17 bits per heavy atom. The van der Waals surface area contributed by atoms with Crippen LogP contribution in [0.15, 0.2) is 27.4 Å². The molecule has 0 N–H and O–H groups in total. The number of aryl methyl sites for hydroxylation is 1. The third-order valence-corrected chi connectivity index (χ3v) is 3.10. The third kappa shape index (κ3) is 1.78. The van der Waals surface area contributed by atoms with Crippen LogP contribution in [0.1, 0.15) is 13.8 Å². The van der Waals surface area contributed by atoms with Gasteiger partial charge in [0.25, 0.3) is 0 Å². The number of nitrogens with zero attached hydrogens (tertiary/aromatic N) is 1. The molecule has 0 bridgehead atoms. The molecule has 0 saturated carbocycles. The van der Waals surface area contributed by atoms with E-state index in [0.29, 0.717) is 12.2 Å². The van der Waals surface area contributed by atoms with Gasteiger partial charge in [0.2, 0.25) is 0 Å². The summed E-state index contributed by atoms with van der Waals surface area (Å²) in [4.78, 5) is 11.4. The first-order valence-corrected chi connectivity index (χ1v) is 5.85. The van der Waals surface area contributed by atoms with Gasteiger partial charge in [0.1, 0.15) is 0 Å². The predicted molar refractivity (Wildman–Crippen MR) is 68.0 cm³/mol. The van der Waals surface area contributed by atoms with Crippen LogP contribution in [0.2, 0.25) is 0 Å². The van der Waals surface area contributed by atoms with Crippen LogP contribution in [0.3, 0.4) is 0 Å². The van der Waals surface area contributed by atoms with Gasteiger partial charge in [-0.3, -0.25) is 4.57 Å². The normalized spacial score (nSPS) is 18.7. The summed E-state index contributed by atoms with van der Waals surface area (Å²) in [5.74, 6) is -0.365. The molecule has 0 radical (unpaired) electrons. The van der Waals surface area contributed by atoms with Gasteiger partial charge in [-0.05, 0) is 31.4 Å². The minimum Gasteiger partial charge on any atom is -0.408 e. The van der Waals surface area contributed by atoms with Crippen LogP contribution in [0.4, 0.5) is 0 Å². The fourth-order valence-electron chi connectivity index (χ4n) is 2.09. The van der Waals surface area contributed by atoms with Crippen LogP contribution in [0.5, 0.6) is 0 Å². The molecular formula is C12H14BNO4. The van der Waals surface area contributed by atoms with E-state index in [-0.39, 0.29) is 18.5 Å². The lowest BCUT2D eigenvalue weighted by Crippen LogP contribution is -2.34. The highest BCUT2D eigenvalue weighted by atomic mass is 16.7. The van der Waals surface area contributed by atoms with E-state index in [9.17, 15) is 4.79 Å². The standard InChI is InChI=1S/C12H14BNO4/c1-12(2)7-16-13(18-12)8-4-5-10-9(6-8)14(3)11(15)17-10/h4-6H,7H2,1-3H3. The monoisotopic (exact) mass is 247 g/mol. The Kier molecular flexibility index (Phi) is 2.40. The van der Waals surface area contributed by atoms with Crippen LogP contribution >= 0.6 is 0 Å². The number of oxazole rings is 1. The first-order chi connectivity index (χ1) is 8.46. The average molecular weight is 247 g/mol. The number of rotatable bonds is 1. The topological polar surface area (TPSA) is 53.6 Å². The van der Waals surface area contributed by atoms with Gasteiger partial charge in [0, 0.05) is 7.05 Å². The van der Waals surface area contributed by atoms with Crippen molar-refractivity contribution in [1.29, 1.82) is 0 Å². The Hall–Kier alpha value is -1.53. The summed E-state index contributed by atoms with van der Waals surface area (Å²) in [5, 5.41) is 0. The Bertz CT molecular complexity index is 658. The van der Waals surface area contributed by atoms with Gasteiger partial charge in [0.05, 0.1) is 17.7 Å². The molecule has 5 nitrogen and oxygen atoms in total. The highest BCUT2D eigenvalue weighted by Gasteiger charge is 2.38. The molecule has 94 valence electrons. The van der Waals surface area contributed by atoms with E-state index < -0.39 is 0 Å². The molecule has 18 heavy (non-hydrogen) atoms. The SMILES string of the molecule is Cn1c(=O)oc2ccc(B3OCC(C)(C)O3)cc21. The van der Waals surface area contributed by atoms with Crippen LogP contribution in [0.25, 0.3) is 11.1 Å². The maximum absolute atomic E-state index is 11.4. The van der Waals surface area contributed by atoms with Crippen molar-refractivity contribution in [3.63, 3.8) is 0 Å². The van der Waals surface area contributed by atoms with E-state index in [1.807, 2.05) is 26.0 Å². The lowest BCUT2D eigenvalue weighted by atomic mass is 9.79. The van der Waals surface area contributed by atoms with Crippen molar-refractivity contribution in [3.05, 3.63) is 28.7 Å². The van der Waals surface area contributed by atoms with Gasteiger partial charge in [0.15, 0.2) is 5.58 Å². The zero-order chi connectivity index (χ0) is 12.9. The van der Waals surface area contributed by atoms with Gasteiger partial charge in [-0.1, -0.05) is 6.07 Å². The summed E-state index contributed by atoms with van der Waals surface area (Å²) >= 11 is 0. The molecule has 1 aliphatic heterocycles.